The van der Waals surface area contributed by atoms with Crippen LogP contribution in [0.3, 0.4) is 0 Å². The van der Waals surface area contributed by atoms with E-state index in [1.165, 1.54) is 0 Å². The van der Waals surface area contributed by atoms with Crippen molar-refractivity contribution in [3.8, 4) is 5.75 Å². The van der Waals surface area contributed by atoms with E-state index in [0.717, 1.165) is 0 Å². The van der Waals surface area contributed by atoms with Crippen molar-refractivity contribution in [2.45, 2.75) is 11.8 Å². The molecule has 0 aliphatic heterocycles. The molecule has 1 aromatic carbocycles. The smallest absolute Gasteiger partial charge is 0.120 e. The minimum absolute atomic E-state index is 0.120. The molecule has 0 aromatic heterocycles. The zero-order valence-electron chi connectivity index (χ0n) is 8.60. The fraction of sp³-hybridized carbons (Fsp3) is 0.400. The van der Waals surface area contributed by atoms with Gasteiger partial charge in [-0.2, -0.15) is 0 Å². The van der Waals surface area contributed by atoms with Crippen LogP contribution in [0.2, 0.25) is 0 Å². The van der Waals surface area contributed by atoms with E-state index in [0.29, 0.717) is 22.9 Å². The maximum atomic E-state index is 11.6. The number of nitrogens with two attached hydrogens (primary N) is 1. The van der Waals surface area contributed by atoms with E-state index in [1.807, 2.05) is 6.92 Å². The van der Waals surface area contributed by atoms with Crippen LogP contribution in [0.1, 0.15) is 6.92 Å². The number of aliphatic hydroxyl groups is 1. The van der Waals surface area contributed by atoms with E-state index in [1.54, 1.807) is 18.2 Å². The normalized spacial score (nSPS) is 12.4. The minimum atomic E-state index is -1.26. The Labute approximate surface area is 91.5 Å². The third-order valence-corrected chi connectivity index (χ3v) is 3.22. The van der Waals surface area contributed by atoms with Gasteiger partial charge in [0.25, 0.3) is 0 Å². The number of ether oxygens (including phenoxy) is 1. The van der Waals surface area contributed by atoms with Crippen LogP contribution in [0.25, 0.3) is 0 Å². The Balaban J connectivity index is 2.94. The lowest BCUT2D eigenvalue weighted by atomic mass is 10.3. The van der Waals surface area contributed by atoms with Crippen LogP contribution in [-0.2, 0) is 10.8 Å². The topological polar surface area (TPSA) is 72.5 Å². The number of rotatable bonds is 5. The Morgan fingerprint density at radius 3 is 2.87 bits per heavy atom. The van der Waals surface area contributed by atoms with Crippen molar-refractivity contribution in [2.75, 3.05) is 24.7 Å². The van der Waals surface area contributed by atoms with Crippen LogP contribution in [0.15, 0.2) is 23.1 Å². The lowest BCUT2D eigenvalue weighted by Crippen LogP contribution is -2.05. The minimum Gasteiger partial charge on any atom is -0.494 e. The fourth-order valence-electron chi connectivity index (χ4n) is 1.16. The van der Waals surface area contributed by atoms with Crippen LogP contribution >= 0.6 is 0 Å². The molecular weight excluding hydrogens is 214 g/mol. The third kappa shape index (κ3) is 3.21. The van der Waals surface area contributed by atoms with Gasteiger partial charge in [-0.15, -0.1) is 0 Å². The van der Waals surface area contributed by atoms with Crippen molar-refractivity contribution < 1.29 is 14.1 Å². The maximum absolute atomic E-state index is 11.6. The van der Waals surface area contributed by atoms with Crippen molar-refractivity contribution in [1.82, 2.24) is 0 Å². The molecule has 4 nitrogen and oxygen atoms in total. The highest BCUT2D eigenvalue weighted by Crippen LogP contribution is 2.22. The van der Waals surface area contributed by atoms with Crippen LogP contribution in [-0.4, -0.2) is 28.3 Å². The summed E-state index contributed by atoms with van der Waals surface area (Å²) < 4.78 is 16.9. The van der Waals surface area contributed by atoms with Crippen LogP contribution in [0.4, 0.5) is 5.69 Å². The molecule has 0 aliphatic carbocycles. The van der Waals surface area contributed by atoms with Gasteiger partial charge in [-0.3, -0.25) is 4.21 Å². The first-order chi connectivity index (χ1) is 7.19. The second kappa shape index (κ2) is 5.72. The van der Waals surface area contributed by atoms with E-state index in [2.05, 4.69) is 0 Å². The van der Waals surface area contributed by atoms with Gasteiger partial charge in [0.1, 0.15) is 5.75 Å². The van der Waals surface area contributed by atoms with Crippen LogP contribution < -0.4 is 10.5 Å². The Kier molecular flexibility index (Phi) is 4.58. The Hall–Kier alpha value is -1.07. The zero-order valence-corrected chi connectivity index (χ0v) is 9.42. The summed E-state index contributed by atoms with van der Waals surface area (Å²) in [6.45, 7) is 2.31. The quantitative estimate of drug-likeness (QED) is 0.731. The van der Waals surface area contributed by atoms with E-state index < -0.39 is 10.8 Å². The highest BCUT2D eigenvalue weighted by atomic mass is 32.2. The van der Waals surface area contributed by atoms with Crippen LogP contribution in [0, 0.1) is 0 Å². The van der Waals surface area contributed by atoms with Crippen molar-refractivity contribution in [1.29, 1.82) is 0 Å². The first-order valence-electron chi connectivity index (χ1n) is 4.70. The highest BCUT2D eigenvalue weighted by molar-refractivity contribution is 7.85. The number of nitrogen functional groups attached to an aromatic ring is 1. The first-order valence-corrected chi connectivity index (χ1v) is 6.02. The first kappa shape index (κ1) is 12.0. The van der Waals surface area contributed by atoms with Crippen LogP contribution in [0.5, 0.6) is 5.75 Å². The third-order valence-electron chi connectivity index (χ3n) is 1.82. The molecule has 1 rings (SSSR count). The zero-order chi connectivity index (χ0) is 11.3. The molecular formula is C10H15NO3S. The average Bonchev–Trinajstić information content (AvgIpc) is 2.21. The van der Waals surface area contributed by atoms with Crippen molar-refractivity contribution in [2.24, 2.45) is 0 Å². The molecule has 0 fully saturated rings. The lowest BCUT2D eigenvalue weighted by molar-refractivity contribution is 0.321. The molecule has 3 N–H and O–H groups in total. The number of aliphatic hydroxyl groups excluding tert-OH is 1. The van der Waals surface area contributed by atoms with Gasteiger partial charge in [0.2, 0.25) is 0 Å². The molecule has 84 valence electrons. The van der Waals surface area contributed by atoms with Gasteiger partial charge < -0.3 is 15.6 Å². The number of benzene rings is 1. The van der Waals surface area contributed by atoms with Gasteiger partial charge in [0.15, 0.2) is 0 Å². The molecule has 0 saturated carbocycles. The second-order valence-corrected chi connectivity index (χ2v) is 4.45. The summed E-state index contributed by atoms with van der Waals surface area (Å²) in [4.78, 5) is 0.523. The SMILES string of the molecule is CCOc1ccc(N)c(S(=O)CCO)c1. The molecule has 0 radical (unpaired) electrons. The van der Waals surface area contributed by atoms with Gasteiger partial charge in [-0.1, -0.05) is 0 Å². The summed E-state index contributed by atoms with van der Waals surface area (Å²) in [6, 6.07) is 5.05. The lowest BCUT2D eigenvalue weighted by Gasteiger charge is -2.08. The molecule has 0 amide bonds. The summed E-state index contributed by atoms with van der Waals surface area (Å²) in [6.07, 6.45) is 0. The molecule has 1 aromatic rings. The predicted molar refractivity (Wildman–Crippen MR) is 60.4 cm³/mol. The van der Waals surface area contributed by atoms with E-state index in [4.69, 9.17) is 15.6 Å². The summed E-state index contributed by atoms with van der Waals surface area (Å²) >= 11 is 0. The average molecular weight is 229 g/mol. The number of anilines is 1. The van der Waals surface area contributed by atoms with Crippen molar-refractivity contribution >= 4 is 16.5 Å². The van der Waals surface area contributed by atoms with E-state index in [9.17, 15) is 4.21 Å². The molecule has 5 heteroatoms. The molecule has 0 heterocycles. The van der Waals surface area contributed by atoms with Gasteiger partial charge in [0, 0.05) is 5.69 Å². The van der Waals surface area contributed by atoms with Gasteiger partial charge in [-0.05, 0) is 25.1 Å². The van der Waals surface area contributed by atoms with Crippen molar-refractivity contribution in [3.63, 3.8) is 0 Å². The van der Waals surface area contributed by atoms with Gasteiger partial charge in [0.05, 0.1) is 34.7 Å². The monoisotopic (exact) mass is 229 g/mol. The Morgan fingerprint density at radius 2 is 2.27 bits per heavy atom. The summed E-state index contributed by atoms with van der Waals surface area (Å²) in [5.41, 5.74) is 6.15. The number of hydrogen-bond donors (Lipinski definition) is 2. The van der Waals surface area contributed by atoms with Gasteiger partial charge >= 0.3 is 0 Å². The number of hydrogen-bond acceptors (Lipinski definition) is 4. The summed E-state index contributed by atoms with van der Waals surface area (Å²) in [7, 11) is -1.26. The summed E-state index contributed by atoms with van der Waals surface area (Å²) in [5.74, 6) is 0.841. The molecule has 0 saturated heterocycles. The van der Waals surface area contributed by atoms with E-state index in [-0.39, 0.29) is 12.4 Å². The molecule has 15 heavy (non-hydrogen) atoms. The molecule has 0 bridgehead atoms. The maximum Gasteiger partial charge on any atom is 0.120 e. The standard InChI is InChI=1S/C10H15NO3S/c1-2-14-8-3-4-9(11)10(7-8)15(13)6-5-12/h3-4,7,12H,2,5-6,11H2,1H3. The molecule has 0 aliphatic rings. The largest absolute Gasteiger partial charge is 0.494 e. The predicted octanol–water partition coefficient (Wildman–Crippen LogP) is 0.767. The Bertz CT molecular complexity index is 355. The van der Waals surface area contributed by atoms with E-state index >= 15 is 0 Å². The highest BCUT2D eigenvalue weighted by Gasteiger charge is 2.08. The Morgan fingerprint density at radius 1 is 1.53 bits per heavy atom. The molecule has 1 atom stereocenters. The molecule has 1 unspecified atom stereocenters. The van der Waals surface area contributed by atoms with Crippen molar-refractivity contribution in [3.05, 3.63) is 18.2 Å². The van der Waals surface area contributed by atoms with Gasteiger partial charge in [-0.25, -0.2) is 0 Å². The molecule has 0 spiro atoms. The fourth-order valence-corrected chi connectivity index (χ4v) is 2.13. The second-order valence-electron chi connectivity index (χ2n) is 2.91. The summed E-state index contributed by atoms with van der Waals surface area (Å²) in [5, 5.41) is 8.70.